The van der Waals surface area contributed by atoms with Crippen LogP contribution in [0.15, 0.2) is 53.4 Å². The van der Waals surface area contributed by atoms with E-state index in [2.05, 4.69) is 5.32 Å². The molecule has 0 unspecified atom stereocenters. The first-order valence-electron chi connectivity index (χ1n) is 5.99. The largest absolute Gasteiger partial charge is 0.380 e. The molecule has 0 radical (unpaired) electrons. The van der Waals surface area contributed by atoms with Crippen LogP contribution in [0.4, 0.5) is 14.5 Å². The highest BCUT2D eigenvalue weighted by Gasteiger charge is 2.09. The molecule has 4 heteroatoms. The third-order valence-corrected chi connectivity index (χ3v) is 3.62. The molecular formula is C15H15F2NS. The predicted molar refractivity (Wildman–Crippen MR) is 76.8 cm³/mol. The van der Waals surface area contributed by atoms with E-state index < -0.39 is 5.76 Å². The number of aryl methyl sites for hydroxylation is 1. The van der Waals surface area contributed by atoms with Gasteiger partial charge in [0.15, 0.2) is 0 Å². The molecule has 2 aromatic rings. The molecule has 0 aliphatic carbocycles. The third kappa shape index (κ3) is 3.96. The fourth-order valence-corrected chi connectivity index (χ4v) is 2.43. The molecule has 0 aliphatic rings. The Morgan fingerprint density at radius 3 is 2.47 bits per heavy atom. The van der Waals surface area contributed by atoms with Crippen LogP contribution >= 0.6 is 11.8 Å². The fourth-order valence-electron chi connectivity index (χ4n) is 1.81. The smallest absolute Gasteiger partial charge is 0.288 e. The van der Waals surface area contributed by atoms with Crippen molar-refractivity contribution in [2.24, 2.45) is 0 Å². The average Bonchev–Trinajstić information content (AvgIpc) is 2.39. The highest BCUT2D eigenvalue weighted by Crippen LogP contribution is 2.31. The van der Waals surface area contributed by atoms with Crippen molar-refractivity contribution < 1.29 is 8.78 Å². The van der Waals surface area contributed by atoms with E-state index >= 15 is 0 Å². The second kappa shape index (κ2) is 6.57. The van der Waals surface area contributed by atoms with Crippen LogP contribution in [-0.4, -0.2) is 5.76 Å². The Morgan fingerprint density at radius 1 is 1.05 bits per heavy atom. The van der Waals surface area contributed by atoms with Crippen LogP contribution in [0, 0.1) is 6.92 Å². The van der Waals surface area contributed by atoms with E-state index in [1.165, 1.54) is 11.1 Å². The Bertz CT molecular complexity index is 543. The standard InChI is InChI=1S/C15H15F2NS/c1-11-6-2-3-7-12(11)10-18-13-8-4-5-9-14(13)19-15(16)17/h2-9,15,18H,10H2,1H3. The minimum atomic E-state index is -2.40. The summed E-state index contributed by atoms with van der Waals surface area (Å²) in [6.07, 6.45) is 0. The molecular weight excluding hydrogens is 264 g/mol. The minimum absolute atomic E-state index is 0.569. The van der Waals surface area contributed by atoms with E-state index in [1.807, 2.05) is 43.3 Å². The molecule has 0 saturated heterocycles. The molecule has 0 aromatic heterocycles. The van der Waals surface area contributed by atoms with Gasteiger partial charge in [-0.05, 0) is 30.2 Å². The van der Waals surface area contributed by atoms with Crippen molar-refractivity contribution in [3.8, 4) is 0 Å². The summed E-state index contributed by atoms with van der Waals surface area (Å²) in [5.74, 6) is -2.40. The summed E-state index contributed by atoms with van der Waals surface area (Å²) in [7, 11) is 0. The number of thioether (sulfide) groups is 1. The van der Waals surface area contributed by atoms with Gasteiger partial charge in [-0.3, -0.25) is 0 Å². The first kappa shape index (κ1) is 13.9. The van der Waals surface area contributed by atoms with Crippen molar-refractivity contribution in [1.29, 1.82) is 0 Å². The SMILES string of the molecule is Cc1ccccc1CNc1ccccc1SC(F)F. The van der Waals surface area contributed by atoms with Crippen molar-refractivity contribution in [3.63, 3.8) is 0 Å². The molecule has 0 atom stereocenters. The predicted octanol–water partition coefficient (Wildman–Crippen LogP) is 4.92. The van der Waals surface area contributed by atoms with Crippen LogP contribution < -0.4 is 5.32 Å². The van der Waals surface area contributed by atoms with Crippen LogP contribution in [0.2, 0.25) is 0 Å². The molecule has 0 heterocycles. The number of benzene rings is 2. The molecule has 19 heavy (non-hydrogen) atoms. The molecule has 2 rings (SSSR count). The van der Waals surface area contributed by atoms with Crippen LogP contribution in [0.3, 0.4) is 0 Å². The molecule has 1 nitrogen and oxygen atoms in total. The van der Waals surface area contributed by atoms with E-state index in [4.69, 9.17) is 0 Å². The summed E-state index contributed by atoms with van der Waals surface area (Å²) in [4.78, 5) is 0.575. The Balaban J connectivity index is 2.09. The second-order valence-corrected chi connectivity index (χ2v) is 5.19. The van der Waals surface area contributed by atoms with E-state index in [9.17, 15) is 8.78 Å². The van der Waals surface area contributed by atoms with Crippen LogP contribution in [0.25, 0.3) is 0 Å². The second-order valence-electron chi connectivity index (χ2n) is 4.15. The van der Waals surface area contributed by atoms with Gasteiger partial charge in [-0.15, -0.1) is 0 Å². The molecule has 0 fully saturated rings. The van der Waals surface area contributed by atoms with Gasteiger partial charge in [0.05, 0.1) is 0 Å². The number of rotatable bonds is 5. The van der Waals surface area contributed by atoms with Crippen LogP contribution in [-0.2, 0) is 6.54 Å². The van der Waals surface area contributed by atoms with E-state index in [0.717, 1.165) is 5.69 Å². The van der Waals surface area contributed by atoms with Gasteiger partial charge >= 0.3 is 0 Å². The molecule has 0 spiro atoms. The highest BCUT2D eigenvalue weighted by molar-refractivity contribution is 7.99. The lowest BCUT2D eigenvalue weighted by Crippen LogP contribution is -2.02. The molecule has 0 bridgehead atoms. The molecule has 0 saturated carbocycles. The van der Waals surface area contributed by atoms with Gasteiger partial charge < -0.3 is 5.32 Å². The maximum Gasteiger partial charge on any atom is 0.288 e. The van der Waals surface area contributed by atoms with Crippen molar-refractivity contribution in [2.75, 3.05) is 5.32 Å². The van der Waals surface area contributed by atoms with Gasteiger partial charge in [-0.25, -0.2) is 0 Å². The van der Waals surface area contributed by atoms with Crippen molar-refractivity contribution >= 4 is 17.4 Å². The molecule has 2 aromatic carbocycles. The first-order valence-corrected chi connectivity index (χ1v) is 6.87. The Hall–Kier alpha value is -1.55. The van der Waals surface area contributed by atoms with Gasteiger partial charge in [0.1, 0.15) is 0 Å². The zero-order valence-corrected chi connectivity index (χ0v) is 11.4. The van der Waals surface area contributed by atoms with Gasteiger partial charge in [0, 0.05) is 17.1 Å². The number of halogens is 2. The summed E-state index contributed by atoms with van der Waals surface area (Å²) in [6, 6.07) is 15.2. The van der Waals surface area contributed by atoms with Gasteiger partial charge in [0.2, 0.25) is 0 Å². The van der Waals surface area contributed by atoms with Crippen LogP contribution in [0.1, 0.15) is 11.1 Å². The van der Waals surface area contributed by atoms with Crippen molar-refractivity contribution in [1.82, 2.24) is 0 Å². The van der Waals surface area contributed by atoms with Crippen LogP contribution in [0.5, 0.6) is 0 Å². The third-order valence-electron chi connectivity index (χ3n) is 2.83. The Morgan fingerprint density at radius 2 is 1.74 bits per heavy atom. The summed E-state index contributed by atoms with van der Waals surface area (Å²) < 4.78 is 24.9. The number of nitrogens with one attached hydrogen (secondary N) is 1. The zero-order valence-electron chi connectivity index (χ0n) is 10.6. The Kier molecular flexibility index (Phi) is 4.80. The quantitative estimate of drug-likeness (QED) is 0.779. The molecule has 0 amide bonds. The van der Waals surface area contributed by atoms with E-state index in [0.29, 0.717) is 23.2 Å². The van der Waals surface area contributed by atoms with Gasteiger partial charge in [0.25, 0.3) is 5.76 Å². The van der Waals surface area contributed by atoms with Gasteiger partial charge in [-0.2, -0.15) is 8.78 Å². The lowest BCUT2D eigenvalue weighted by molar-refractivity contribution is 0.252. The number of anilines is 1. The molecule has 0 aliphatic heterocycles. The molecule has 1 N–H and O–H groups in total. The summed E-state index contributed by atoms with van der Waals surface area (Å²) in [5, 5.41) is 3.22. The number of hydrogen-bond donors (Lipinski definition) is 1. The fraction of sp³-hybridized carbons (Fsp3) is 0.200. The van der Waals surface area contributed by atoms with Crippen molar-refractivity contribution in [2.45, 2.75) is 24.1 Å². The topological polar surface area (TPSA) is 12.0 Å². The maximum absolute atomic E-state index is 12.5. The maximum atomic E-state index is 12.5. The summed E-state index contributed by atoms with van der Waals surface area (Å²) >= 11 is 0.569. The summed E-state index contributed by atoms with van der Waals surface area (Å²) in [5.41, 5.74) is 3.10. The highest BCUT2D eigenvalue weighted by atomic mass is 32.2. The average molecular weight is 279 g/mol. The lowest BCUT2D eigenvalue weighted by Gasteiger charge is -2.12. The molecule has 100 valence electrons. The lowest BCUT2D eigenvalue weighted by atomic mass is 10.1. The number of alkyl halides is 2. The van der Waals surface area contributed by atoms with Crippen molar-refractivity contribution in [3.05, 3.63) is 59.7 Å². The number of hydrogen-bond acceptors (Lipinski definition) is 2. The normalized spacial score (nSPS) is 10.7. The van der Waals surface area contributed by atoms with E-state index in [1.54, 1.807) is 12.1 Å². The van der Waals surface area contributed by atoms with Gasteiger partial charge in [-0.1, -0.05) is 48.2 Å². The monoisotopic (exact) mass is 279 g/mol. The minimum Gasteiger partial charge on any atom is -0.380 e. The summed E-state index contributed by atoms with van der Waals surface area (Å²) in [6.45, 7) is 2.67. The number of para-hydroxylation sites is 1. The Labute approximate surface area is 116 Å². The first-order chi connectivity index (χ1) is 9.16. The zero-order chi connectivity index (χ0) is 13.7. The van der Waals surface area contributed by atoms with E-state index in [-0.39, 0.29) is 0 Å².